The van der Waals surface area contributed by atoms with Crippen LogP contribution in [0.4, 0.5) is 0 Å². The summed E-state index contributed by atoms with van der Waals surface area (Å²) in [6.07, 6.45) is 0. The van der Waals surface area contributed by atoms with Crippen molar-refractivity contribution < 1.29 is 113 Å². The van der Waals surface area contributed by atoms with Crippen LogP contribution in [-0.4, -0.2) is 17.5 Å². The van der Waals surface area contributed by atoms with E-state index in [9.17, 15) is 0 Å². The molecule has 0 heterocycles. The summed E-state index contributed by atoms with van der Waals surface area (Å²) in [7, 11) is -5.39. The Morgan fingerprint density at radius 1 is 1.17 bits per heavy atom. The molecule has 0 amide bonds. The first-order chi connectivity index (χ1) is 3.91. The van der Waals surface area contributed by atoms with Crippen LogP contribution < -0.4 is 103 Å². The first kappa shape index (κ1) is 29.5. The normalized spacial score (nSPS) is 7.42. The predicted octanol–water partition coefficient (Wildman–Crippen LogP) is -11.9. The number of hydrogen-bond acceptors (Lipinski definition) is 6. The molecule has 1 N–H and O–H groups in total. The van der Waals surface area contributed by atoms with Crippen molar-refractivity contribution in [1.82, 2.24) is 0 Å². The van der Waals surface area contributed by atoms with Crippen LogP contribution in [0.25, 0.3) is 0 Å². The topological polar surface area (TPSA) is 106 Å². The van der Waals surface area contributed by atoms with Gasteiger partial charge in [0, 0.05) is 5.75 Å². The summed E-state index contributed by atoms with van der Waals surface area (Å²) >= 11 is 3.67. The van der Waals surface area contributed by atoms with Crippen LogP contribution in [0.1, 0.15) is 0 Å². The minimum absolute atomic E-state index is 0. The molecule has 10 heteroatoms. The minimum Gasteiger partial charge on any atom is -0.822 e. The van der Waals surface area contributed by atoms with Gasteiger partial charge in [0.1, 0.15) is 0 Å². The Morgan fingerprint density at radius 2 is 1.25 bits per heavy atom. The molecule has 0 aromatic carbocycles. The van der Waals surface area contributed by atoms with Gasteiger partial charge in [-0.25, -0.2) is 0 Å². The van der Waals surface area contributed by atoms with Gasteiger partial charge in [-0.15, -0.1) is 0 Å². The summed E-state index contributed by atoms with van der Waals surface area (Å²) < 4.78 is 8.55. The maximum absolute atomic E-state index is 8.55. The van der Waals surface area contributed by atoms with Crippen molar-refractivity contribution in [2.45, 2.75) is 0 Å². The molecule has 58 valence electrons. The van der Waals surface area contributed by atoms with Crippen molar-refractivity contribution >= 4 is 20.5 Å². The first-order valence-corrected chi connectivity index (χ1v) is 3.96. The van der Waals surface area contributed by atoms with E-state index in [1.807, 2.05) is 0 Å². The molecular weight excluding hydrogens is 236 g/mol. The number of phosphoric acid groups is 1. The Balaban J connectivity index is -0.0000000221. The maximum Gasteiger partial charge on any atom is 1.00 e. The Kier molecular flexibility index (Phi) is 49.0. The van der Waals surface area contributed by atoms with Crippen molar-refractivity contribution in [1.29, 1.82) is 0 Å². The van der Waals surface area contributed by atoms with Crippen LogP contribution in [0.3, 0.4) is 0 Å². The number of aliphatic hydroxyl groups is 1. The zero-order valence-electron chi connectivity index (χ0n) is 7.39. The number of hydrogen-bond donors (Lipinski definition) is 2. The van der Waals surface area contributed by atoms with Gasteiger partial charge in [0.25, 0.3) is 0 Å². The Labute approximate surface area is 143 Å². The van der Waals surface area contributed by atoms with Crippen molar-refractivity contribution in [3.05, 3.63) is 0 Å². The Morgan fingerprint density at radius 3 is 1.25 bits per heavy atom. The van der Waals surface area contributed by atoms with Gasteiger partial charge >= 0.3 is 88.7 Å². The van der Waals surface area contributed by atoms with Gasteiger partial charge in [0.2, 0.25) is 0 Å². The van der Waals surface area contributed by atoms with Crippen molar-refractivity contribution in [3.8, 4) is 0 Å². The molecule has 0 radical (unpaired) electrons. The van der Waals surface area contributed by atoms with E-state index in [4.69, 9.17) is 24.4 Å². The molecular formula is C2H6Na3O5PS. The van der Waals surface area contributed by atoms with Crippen molar-refractivity contribution in [2.75, 3.05) is 12.4 Å². The van der Waals surface area contributed by atoms with E-state index in [1.54, 1.807) is 0 Å². The van der Waals surface area contributed by atoms with Crippen LogP contribution >= 0.6 is 20.5 Å². The fraction of sp³-hybridized carbons (Fsp3) is 1.00. The Hall–Kier alpha value is 3.42. The van der Waals surface area contributed by atoms with E-state index in [1.165, 1.54) is 0 Å². The predicted molar refractivity (Wildman–Crippen MR) is 28.5 cm³/mol. The van der Waals surface area contributed by atoms with Gasteiger partial charge in [-0.1, -0.05) is 0 Å². The van der Waals surface area contributed by atoms with E-state index in [2.05, 4.69) is 12.6 Å². The summed E-state index contributed by atoms with van der Waals surface area (Å²) in [6, 6.07) is 0. The van der Waals surface area contributed by atoms with Crippen LogP contribution in [0.15, 0.2) is 0 Å². The third kappa shape index (κ3) is 106. The molecule has 0 aromatic heterocycles. The van der Waals surface area contributed by atoms with Gasteiger partial charge in [0.05, 0.1) is 6.61 Å². The third-order valence-corrected chi connectivity index (χ3v) is 0.300. The summed E-state index contributed by atoms with van der Waals surface area (Å²) in [4.78, 5) is 25.6. The van der Waals surface area contributed by atoms with E-state index >= 15 is 0 Å². The van der Waals surface area contributed by atoms with Crippen molar-refractivity contribution in [3.63, 3.8) is 0 Å². The van der Waals surface area contributed by atoms with E-state index in [0.29, 0.717) is 5.75 Å². The average Bonchev–Trinajstić information content (AvgIpc) is 1.61. The smallest absolute Gasteiger partial charge is 0.822 e. The van der Waals surface area contributed by atoms with Gasteiger partial charge < -0.3 is 24.4 Å². The summed E-state index contributed by atoms with van der Waals surface area (Å²) in [5, 5.41) is 7.80. The summed E-state index contributed by atoms with van der Waals surface area (Å²) in [6.45, 7) is 0.184. The van der Waals surface area contributed by atoms with E-state index in [0.717, 1.165) is 0 Å². The molecule has 0 fully saturated rings. The van der Waals surface area contributed by atoms with Gasteiger partial charge in [0.15, 0.2) is 0 Å². The molecule has 0 atom stereocenters. The average molecular weight is 242 g/mol. The molecule has 0 unspecified atom stereocenters. The zero-order chi connectivity index (χ0) is 7.91. The second kappa shape index (κ2) is 19.9. The largest absolute Gasteiger partial charge is 1.00 e. The molecule has 0 rings (SSSR count). The van der Waals surface area contributed by atoms with Crippen molar-refractivity contribution in [2.24, 2.45) is 0 Å². The number of thiol groups is 1. The molecule has 0 aliphatic rings. The van der Waals surface area contributed by atoms with Gasteiger partial charge in [-0.2, -0.15) is 20.5 Å². The molecule has 12 heavy (non-hydrogen) atoms. The quantitative estimate of drug-likeness (QED) is 0.270. The minimum atomic E-state index is -5.39. The fourth-order valence-electron chi connectivity index (χ4n) is 0. The molecule has 0 aromatic rings. The third-order valence-electron chi connectivity index (χ3n) is 0.1000. The second-order valence-corrected chi connectivity index (χ2v) is 2.24. The summed E-state index contributed by atoms with van der Waals surface area (Å²) in [5.41, 5.74) is 0. The monoisotopic (exact) mass is 242 g/mol. The molecule has 0 aliphatic heterocycles. The van der Waals surface area contributed by atoms with Crippen LogP contribution in [-0.2, 0) is 4.57 Å². The van der Waals surface area contributed by atoms with Gasteiger partial charge in [-0.3, -0.25) is 0 Å². The Bertz CT molecular complexity index is 88.4. The SMILES string of the molecule is O=P([O-])([O-])[O-].OCCS.[Na+].[Na+].[Na+]. The van der Waals surface area contributed by atoms with Crippen LogP contribution in [0.5, 0.6) is 0 Å². The van der Waals surface area contributed by atoms with Crippen LogP contribution in [0, 0.1) is 0 Å². The fourth-order valence-corrected chi connectivity index (χ4v) is 0. The zero-order valence-corrected chi connectivity index (χ0v) is 15.2. The summed E-state index contributed by atoms with van der Waals surface area (Å²) in [5.74, 6) is 0.569. The first-order valence-electron chi connectivity index (χ1n) is 1.86. The molecule has 0 aliphatic carbocycles. The number of rotatable bonds is 1. The second-order valence-electron chi connectivity index (χ2n) is 0.894. The number of aliphatic hydroxyl groups excluding tert-OH is 1. The molecule has 0 bridgehead atoms. The molecule has 0 spiro atoms. The standard InChI is InChI=1S/C2H6OS.3Na.H3O4P/c3-1-2-4;;;;1-5(2,3)4/h3-4H,1-2H2;;;;(H3,1,2,3,4)/q;3*+1;/p-3. The van der Waals surface area contributed by atoms with Crippen LogP contribution in [0.2, 0.25) is 0 Å². The molecule has 5 nitrogen and oxygen atoms in total. The molecule has 0 saturated carbocycles. The molecule has 0 saturated heterocycles. The van der Waals surface area contributed by atoms with Gasteiger partial charge in [-0.05, 0) is 0 Å². The maximum atomic E-state index is 8.55. The van der Waals surface area contributed by atoms with E-state index in [-0.39, 0.29) is 95.3 Å². The van der Waals surface area contributed by atoms with E-state index < -0.39 is 7.82 Å².